The number of carbonyl (C=O) groups is 1. The van der Waals surface area contributed by atoms with Gasteiger partial charge in [0.25, 0.3) is 0 Å². The molecule has 0 radical (unpaired) electrons. The second-order valence-corrected chi connectivity index (χ2v) is 8.00. The van der Waals surface area contributed by atoms with Gasteiger partial charge < -0.3 is 14.6 Å². The quantitative estimate of drug-likeness (QED) is 0.358. The molecule has 1 N–H and O–H groups in total. The molecule has 0 aromatic heterocycles. The standard InChI is InChI=1S/C25H23ClO4S/c1-2-29-20-10-6-9-19(15-20)22(18-7-4-3-5-8-18)13-14-31-24-12-11-21(16-23(24)26)30-17-25(27)28/h3-13,15-16H,2,14,17H2,1H3,(H,27,28). The monoisotopic (exact) mass is 454 g/mol. The fourth-order valence-electron chi connectivity index (χ4n) is 2.99. The van der Waals surface area contributed by atoms with Gasteiger partial charge in [0.05, 0.1) is 11.6 Å². The highest BCUT2D eigenvalue weighted by Crippen LogP contribution is 2.32. The molecule has 0 aliphatic carbocycles. The highest BCUT2D eigenvalue weighted by Gasteiger charge is 2.08. The number of thioether (sulfide) groups is 1. The summed E-state index contributed by atoms with van der Waals surface area (Å²) < 4.78 is 10.8. The maximum absolute atomic E-state index is 10.6. The molecule has 0 fully saturated rings. The fraction of sp³-hybridized carbons (Fsp3) is 0.160. The van der Waals surface area contributed by atoms with Gasteiger partial charge in [-0.1, -0.05) is 60.1 Å². The molecule has 0 unspecified atom stereocenters. The van der Waals surface area contributed by atoms with Gasteiger partial charge in [0.15, 0.2) is 6.61 Å². The number of ether oxygens (including phenoxy) is 2. The molecule has 3 aromatic rings. The van der Waals surface area contributed by atoms with Crippen LogP contribution in [-0.4, -0.2) is 30.0 Å². The summed E-state index contributed by atoms with van der Waals surface area (Å²) in [6.45, 7) is 2.19. The van der Waals surface area contributed by atoms with Crippen molar-refractivity contribution >= 4 is 34.9 Å². The first kappa shape index (κ1) is 22.8. The Morgan fingerprint density at radius 3 is 2.42 bits per heavy atom. The lowest BCUT2D eigenvalue weighted by molar-refractivity contribution is -0.139. The van der Waals surface area contributed by atoms with E-state index in [0.717, 1.165) is 27.3 Å². The molecule has 3 aromatic carbocycles. The van der Waals surface area contributed by atoms with Gasteiger partial charge in [-0.3, -0.25) is 0 Å². The number of benzene rings is 3. The van der Waals surface area contributed by atoms with E-state index < -0.39 is 12.6 Å². The Kier molecular flexibility index (Phi) is 8.44. The van der Waals surface area contributed by atoms with Crippen LogP contribution in [0.5, 0.6) is 11.5 Å². The average Bonchev–Trinajstić information content (AvgIpc) is 2.77. The number of carboxylic acid groups (broad SMARTS) is 1. The van der Waals surface area contributed by atoms with E-state index in [9.17, 15) is 4.79 Å². The molecule has 160 valence electrons. The zero-order chi connectivity index (χ0) is 22.1. The van der Waals surface area contributed by atoms with E-state index in [1.54, 1.807) is 23.9 Å². The van der Waals surface area contributed by atoms with E-state index in [1.807, 2.05) is 43.3 Å². The second kappa shape index (κ2) is 11.5. The topological polar surface area (TPSA) is 55.8 Å². The lowest BCUT2D eigenvalue weighted by Gasteiger charge is -2.11. The lowest BCUT2D eigenvalue weighted by atomic mass is 9.98. The maximum atomic E-state index is 10.6. The van der Waals surface area contributed by atoms with Crippen LogP contribution < -0.4 is 9.47 Å². The van der Waals surface area contributed by atoms with Crippen molar-refractivity contribution in [2.45, 2.75) is 11.8 Å². The van der Waals surface area contributed by atoms with Crippen molar-refractivity contribution in [3.05, 3.63) is 95.0 Å². The molecule has 0 spiro atoms. The molecule has 31 heavy (non-hydrogen) atoms. The first-order valence-corrected chi connectivity index (χ1v) is 11.2. The van der Waals surface area contributed by atoms with Gasteiger partial charge in [0.1, 0.15) is 11.5 Å². The molecular weight excluding hydrogens is 432 g/mol. The highest BCUT2D eigenvalue weighted by atomic mass is 35.5. The minimum Gasteiger partial charge on any atom is -0.494 e. The van der Waals surface area contributed by atoms with Gasteiger partial charge in [-0.05, 0) is 54.0 Å². The van der Waals surface area contributed by atoms with Gasteiger partial charge in [0.2, 0.25) is 0 Å². The zero-order valence-corrected chi connectivity index (χ0v) is 18.7. The first-order chi connectivity index (χ1) is 15.1. The molecular formula is C25H23ClO4S. The van der Waals surface area contributed by atoms with E-state index in [4.69, 9.17) is 26.2 Å². The van der Waals surface area contributed by atoms with Gasteiger partial charge in [-0.25, -0.2) is 4.79 Å². The molecule has 0 amide bonds. The van der Waals surface area contributed by atoms with Gasteiger partial charge >= 0.3 is 5.97 Å². The summed E-state index contributed by atoms with van der Waals surface area (Å²) in [6, 6.07) is 23.5. The summed E-state index contributed by atoms with van der Waals surface area (Å²) in [6.07, 6.45) is 2.18. The Hall–Kier alpha value is -2.89. The smallest absolute Gasteiger partial charge is 0.341 e. The molecule has 0 aliphatic rings. The number of hydrogen-bond donors (Lipinski definition) is 1. The summed E-state index contributed by atoms with van der Waals surface area (Å²) in [5.74, 6) is 0.957. The third kappa shape index (κ3) is 6.81. The number of aliphatic carboxylic acids is 1. The van der Waals surface area contributed by atoms with Crippen LogP contribution >= 0.6 is 23.4 Å². The van der Waals surface area contributed by atoms with E-state index in [1.165, 1.54) is 0 Å². The summed E-state index contributed by atoms with van der Waals surface area (Å²) in [4.78, 5) is 11.5. The Morgan fingerprint density at radius 2 is 1.71 bits per heavy atom. The van der Waals surface area contributed by atoms with E-state index >= 15 is 0 Å². The van der Waals surface area contributed by atoms with Crippen LogP contribution in [-0.2, 0) is 4.79 Å². The fourth-order valence-corrected chi connectivity index (χ4v) is 4.11. The summed E-state index contributed by atoms with van der Waals surface area (Å²) >= 11 is 7.96. The second-order valence-electron chi connectivity index (χ2n) is 6.53. The van der Waals surface area contributed by atoms with Crippen LogP contribution in [0.2, 0.25) is 5.02 Å². The van der Waals surface area contributed by atoms with Gasteiger partial charge in [-0.15, -0.1) is 11.8 Å². The number of halogens is 1. The lowest BCUT2D eigenvalue weighted by Crippen LogP contribution is -2.09. The Bertz CT molecular complexity index is 1050. The molecule has 4 nitrogen and oxygen atoms in total. The van der Waals surface area contributed by atoms with E-state index in [-0.39, 0.29) is 0 Å². The summed E-state index contributed by atoms with van der Waals surface area (Å²) in [5, 5.41) is 9.25. The van der Waals surface area contributed by atoms with Crippen LogP contribution in [0.25, 0.3) is 5.57 Å². The van der Waals surface area contributed by atoms with Crippen LogP contribution in [0, 0.1) is 0 Å². The minimum atomic E-state index is -1.03. The molecule has 6 heteroatoms. The third-order valence-corrected chi connectivity index (χ3v) is 5.76. The van der Waals surface area contributed by atoms with Crippen LogP contribution in [0.15, 0.2) is 83.8 Å². The van der Waals surface area contributed by atoms with Crippen molar-refractivity contribution in [3.8, 4) is 11.5 Å². The molecule has 3 rings (SSSR count). The molecule has 0 aliphatic heterocycles. The first-order valence-electron chi connectivity index (χ1n) is 9.82. The predicted molar refractivity (Wildman–Crippen MR) is 126 cm³/mol. The van der Waals surface area contributed by atoms with Crippen molar-refractivity contribution < 1.29 is 19.4 Å². The van der Waals surface area contributed by atoms with E-state index in [0.29, 0.717) is 23.1 Å². The van der Waals surface area contributed by atoms with E-state index in [2.05, 4.69) is 30.3 Å². The molecule has 0 heterocycles. The minimum absolute atomic E-state index is 0.396. The molecule has 0 atom stereocenters. The normalized spacial score (nSPS) is 11.2. The number of hydrogen-bond acceptors (Lipinski definition) is 4. The Labute approximate surface area is 191 Å². The summed E-state index contributed by atoms with van der Waals surface area (Å²) in [5.41, 5.74) is 3.33. The number of carboxylic acids is 1. The van der Waals surface area contributed by atoms with Crippen LogP contribution in [0.4, 0.5) is 0 Å². The molecule has 0 saturated heterocycles. The van der Waals surface area contributed by atoms with Crippen LogP contribution in [0.1, 0.15) is 18.1 Å². The Balaban J connectivity index is 1.79. The number of rotatable bonds is 10. The van der Waals surface area contributed by atoms with Crippen molar-refractivity contribution in [1.29, 1.82) is 0 Å². The van der Waals surface area contributed by atoms with Crippen molar-refractivity contribution in [3.63, 3.8) is 0 Å². The third-order valence-electron chi connectivity index (χ3n) is 4.33. The summed E-state index contributed by atoms with van der Waals surface area (Å²) in [7, 11) is 0. The van der Waals surface area contributed by atoms with Crippen molar-refractivity contribution in [2.75, 3.05) is 19.0 Å². The molecule has 0 bridgehead atoms. The van der Waals surface area contributed by atoms with Gasteiger partial charge in [-0.2, -0.15) is 0 Å². The van der Waals surface area contributed by atoms with Crippen molar-refractivity contribution in [2.24, 2.45) is 0 Å². The average molecular weight is 455 g/mol. The molecule has 0 saturated carbocycles. The van der Waals surface area contributed by atoms with Crippen LogP contribution in [0.3, 0.4) is 0 Å². The maximum Gasteiger partial charge on any atom is 0.341 e. The van der Waals surface area contributed by atoms with Crippen molar-refractivity contribution in [1.82, 2.24) is 0 Å². The highest BCUT2D eigenvalue weighted by molar-refractivity contribution is 7.99. The SMILES string of the molecule is CCOc1cccc(C(=CCSc2ccc(OCC(=O)O)cc2Cl)c2ccccc2)c1. The van der Waals surface area contributed by atoms with Gasteiger partial charge in [0, 0.05) is 10.6 Å². The Morgan fingerprint density at radius 1 is 0.968 bits per heavy atom. The predicted octanol–water partition coefficient (Wildman–Crippen LogP) is 6.43. The largest absolute Gasteiger partial charge is 0.494 e. The zero-order valence-electron chi connectivity index (χ0n) is 17.1.